The summed E-state index contributed by atoms with van der Waals surface area (Å²) in [5.41, 5.74) is 5.15. The molecule has 5 rings (SSSR count). The quantitative estimate of drug-likeness (QED) is 0.508. The zero-order chi connectivity index (χ0) is 20.0. The van der Waals surface area contributed by atoms with Gasteiger partial charge in [0.25, 0.3) is 0 Å². The summed E-state index contributed by atoms with van der Waals surface area (Å²) in [6.07, 6.45) is 6.50. The Morgan fingerprint density at radius 1 is 1.14 bits per heavy atom. The zero-order valence-corrected chi connectivity index (χ0v) is 17.0. The van der Waals surface area contributed by atoms with E-state index in [0.29, 0.717) is 12.2 Å². The molecule has 0 spiro atoms. The lowest BCUT2D eigenvalue weighted by Gasteiger charge is -2.36. The average molecular weight is 390 g/mol. The third kappa shape index (κ3) is 3.38. The van der Waals surface area contributed by atoms with E-state index in [1.54, 1.807) is 0 Å². The lowest BCUT2D eigenvalue weighted by atomic mass is 9.91. The number of benzene rings is 1. The number of rotatable bonds is 3. The number of aryl methyl sites for hydroxylation is 1. The van der Waals surface area contributed by atoms with E-state index >= 15 is 0 Å². The Balaban J connectivity index is 1.38. The number of hydrogen-bond donors (Lipinski definition) is 0. The van der Waals surface area contributed by atoms with Crippen molar-refractivity contribution in [2.45, 2.75) is 26.2 Å². The monoisotopic (exact) mass is 390 g/mol. The first-order valence-corrected chi connectivity index (χ1v) is 10.4. The van der Waals surface area contributed by atoms with Crippen LogP contribution >= 0.6 is 0 Å². The standard InChI is InChI=1S/C23H26N4O2/c1-3-25-6-8-26(9-7-25)19-5-4-17-11-21(23(28)29-22(17)12-19)18-10-20-13-24-16(2)14-27(20)15-18/h4-5,10,12-15,21H,3,6-9,11H2,1-2H3. The van der Waals surface area contributed by atoms with Gasteiger partial charge in [-0.1, -0.05) is 13.0 Å². The van der Waals surface area contributed by atoms with Gasteiger partial charge in [0.05, 0.1) is 23.3 Å². The van der Waals surface area contributed by atoms with E-state index in [0.717, 1.165) is 60.7 Å². The predicted octanol–water partition coefficient (Wildman–Crippen LogP) is 3.03. The Labute approximate surface area is 170 Å². The van der Waals surface area contributed by atoms with Crippen LogP contribution in [-0.4, -0.2) is 53.0 Å². The second-order valence-corrected chi connectivity index (χ2v) is 8.03. The molecule has 1 fully saturated rings. The number of esters is 1. The Morgan fingerprint density at radius 2 is 1.97 bits per heavy atom. The van der Waals surface area contributed by atoms with Gasteiger partial charge in [-0.3, -0.25) is 9.78 Å². The second-order valence-electron chi connectivity index (χ2n) is 8.03. The predicted molar refractivity (Wildman–Crippen MR) is 113 cm³/mol. The fourth-order valence-electron chi connectivity index (χ4n) is 4.39. The van der Waals surface area contributed by atoms with Crippen molar-refractivity contribution in [3.05, 3.63) is 59.7 Å². The molecular weight excluding hydrogens is 364 g/mol. The van der Waals surface area contributed by atoms with E-state index in [9.17, 15) is 4.79 Å². The van der Waals surface area contributed by atoms with E-state index in [2.05, 4.69) is 33.8 Å². The van der Waals surface area contributed by atoms with E-state index < -0.39 is 0 Å². The summed E-state index contributed by atoms with van der Waals surface area (Å²) in [6, 6.07) is 8.36. The maximum absolute atomic E-state index is 12.8. The number of fused-ring (bicyclic) bond motifs is 2. The Hall–Kier alpha value is -2.86. The molecule has 0 aliphatic carbocycles. The maximum atomic E-state index is 12.8. The first kappa shape index (κ1) is 18.2. The highest BCUT2D eigenvalue weighted by molar-refractivity contribution is 5.84. The van der Waals surface area contributed by atoms with Gasteiger partial charge in [0.2, 0.25) is 0 Å². The Bertz CT molecular complexity index is 1070. The highest BCUT2D eigenvalue weighted by Gasteiger charge is 2.31. The van der Waals surface area contributed by atoms with Crippen LogP contribution in [0.1, 0.15) is 29.7 Å². The van der Waals surface area contributed by atoms with Crippen LogP contribution in [0.25, 0.3) is 5.52 Å². The molecule has 0 bridgehead atoms. The summed E-state index contributed by atoms with van der Waals surface area (Å²) < 4.78 is 7.82. The van der Waals surface area contributed by atoms with Crippen LogP contribution in [0, 0.1) is 6.92 Å². The molecule has 2 aliphatic rings. The molecule has 0 amide bonds. The van der Waals surface area contributed by atoms with Gasteiger partial charge >= 0.3 is 5.97 Å². The minimum Gasteiger partial charge on any atom is -0.426 e. The minimum absolute atomic E-state index is 0.175. The molecule has 29 heavy (non-hydrogen) atoms. The van der Waals surface area contributed by atoms with E-state index in [4.69, 9.17) is 4.74 Å². The number of ether oxygens (including phenoxy) is 1. The molecule has 6 nitrogen and oxygen atoms in total. The molecule has 1 aromatic carbocycles. The normalized spacial score (nSPS) is 20.0. The number of piperazine rings is 1. The average Bonchev–Trinajstić information content (AvgIpc) is 3.15. The third-order valence-corrected chi connectivity index (χ3v) is 6.18. The number of hydrogen-bond acceptors (Lipinski definition) is 5. The highest BCUT2D eigenvalue weighted by atomic mass is 16.5. The van der Waals surface area contributed by atoms with Crippen molar-refractivity contribution in [1.82, 2.24) is 14.3 Å². The highest BCUT2D eigenvalue weighted by Crippen LogP contribution is 2.36. The van der Waals surface area contributed by atoms with Gasteiger partial charge < -0.3 is 18.9 Å². The molecule has 0 N–H and O–H groups in total. The molecule has 0 radical (unpaired) electrons. The zero-order valence-electron chi connectivity index (χ0n) is 17.0. The van der Waals surface area contributed by atoms with Gasteiger partial charge in [-0.25, -0.2) is 0 Å². The molecule has 0 saturated carbocycles. The Morgan fingerprint density at radius 3 is 2.76 bits per heavy atom. The van der Waals surface area contributed by atoms with Crippen molar-refractivity contribution in [3.63, 3.8) is 0 Å². The SMILES string of the molecule is CCN1CCN(c2ccc3c(c2)OC(=O)C(c2cc4cnc(C)cn4c2)C3)CC1. The lowest BCUT2D eigenvalue weighted by Crippen LogP contribution is -2.46. The number of carbonyl (C=O) groups excluding carboxylic acids is 1. The number of likely N-dealkylation sites (N-methyl/N-ethyl adjacent to an activating group) is 1. The van der Waals surface area contributed by atoms with Crippen LogP contribution < -0.4 is 9.64 Å². The van der Waals surface area contributed by atoms with Crippen molar-refractivity contribution < 1.29 is 9.53 Å². The molecular formula is C23H26N4O2. The van der Waals surface area contributed by atoms with Gasteiger partial charge in [-0.15, -0.1) is 0 Å². The van der Waals surface area contributed by atoms with Gasteiger partial charge in [-0.2, -0.15) is 0 Å². The van der Waals surface area contributed by atoms with Crippen molar-refractivity contribution in [2.75, 3.05) is 37.6 Å². The second kappa shape index (κ2) is 7.19. The van der Waals surface area contributed by atoms with Crippen LogP contribution in [0.3, 0.4) is 0 Å². The van der Waals surface area contributed by atoms with Crippen LogP contribution in [0.15, 0.2) is 42.9 Å². The van der Waals surface area contributed by atoms with Crippen LogP contribution in [-0.2, 0) is 11.2 Å². The molecule has 2 aliphatic heterocycles. The van der Waals surface area contributed by atoms with E-state index in [1.807, 2.05) is 42.0 Å². The summed E-state index contributed by atoms with van der Waals surface area (Å²) in [4.78, 5) is 22.0. The summed E-state index contributed by atoms with van der Waals surface area (Å²) in [5, 5.41) is 0. The largest absolute Gasteiger partial charge is 0.426 e. The molecule has 1 atom stereocenters. The summed E-state index contributed by atoms with van der Waals surface area (Å²) >= 11 is 0. The van der Waals surface area contributed by atoms with Gasteiger partial charge in [0, 0.05) is 50.3 Å². The van der Waals surface area contributed by atoms with Gasteiger partial charge in [0.15, 0.2) is 0 Å². The fraction of sp³-hybridized carbons (Fsp3) is 0.391. The number of aromatic nitrogens is 2. The van der Waals surface area contributed by atoms with Crippen molar-refractivity contribution in [3.8, 4) is 5.75 Å². The molecule has 150 valence electrons. The molecule has 1 unspecified atom stereocenters. The molecule has 6 heteroatoms. The molecule has 4 heterocycles. The smallest absolute Gasteiger partial charge is 0.319 e. The molecule has 1 saturated heterocycles. The summed E-state index contributed by atoms with van der Waals surface area (Å²) in [7, 11) is 0. The topological polar surface area (TPSA) is 50.1 Å². The molecule has 3 aromatic rings. The van der Waals surface area contributed by atoms with Crippen molar-refractivity contribution in [2.24, 2.45) is 0 Å². The maximum Gasteiger partial charge on any atom is 0.319 e. The van der Waals surface area contributed by atoms with Crippen LogP contribution in [0.2, 0.25) is 0 Å². The fourth-order valence-corrected chi connectivity index (χ4v) is 4.39. The summed E-state index contributed by atoms with van der Waals surface area (Å²) in [6.45, 7) is 9.43. The number of nitrogens with zero attached hydrogens (tertiary/aromatic N) is 4. The van der Waals surface area contributed by atoms with Crippen molar-refractivity contribution in [1.29, 1.82) is 0 Å². The van der Waals surface area contributed by atoms with Crippen LogP contribution in [0.4, 0.5) is 5.69 Å². The van der Waals surface area contributed by atoms with Gasteiger partial charge in [-0.05, 0) is 43.1 Å². The number of anilines is 1. The van der Waals surface area contributed by atoms with Crippen molar-refractivity contribution >= 4 is 17.2 Å². The minimum atomic E-state index is -0.276. The Kier molecular flexibility index (Phi) is 4.51. The lowest BCUT2D eigenvalue weighted by molar-refractivity contribution is -0.137. The molecule has 2 aromatic heterocycles. The first-order valence-electron chi connectivity index (χ1n) is 10.4. The van der Waals surface area contributed by atoms with E-state index in [1.165, 1.54) is 0 Å². The van der Waals surface area contributed by atoms with E-state index in [-0.39, 0.29) is 11.9 Å². The number of carbonyl (C=O) groups is 1. The third-order valence-electron chi connectivity index (χ3n) is 6.18. The first-order chi connectivity index (χ1) is 14.1. The summed E-state index contributed by atoms with van der Waals surface area (Å²) in [5.74, 6) is 0.260. The van der Waals surface area contributed by atoms with Gasteiger partial charge in [0.1, 0.15) is 5.75 Å². The van der Waals surface area contributed by atoms with Crippen LogP contribution in [0.5, 0.6) is 5.75 Å².